The van der Waals surface area contributed by atoms with Gasteiger partial charge in [-0.2, -0.15) is 0 Å². The zero-order valence-electron chi connectivity index (χ0n) is 6.83. The number of hydrogen-bond acceptors (Lipinski definition) is 2. The first-order chi connectivity index (χ1) is 5.16. The summed E-state index contributed by atoms with van der Waals surface area (Å²) < 4.78 is 0. The smallest absolute Gasteiger partial charge is 0.205 e. The van der Waals surface area contributed by atoms with Crippen LogP contribution in [0.1, 0.15) is 20.3 Å². The van der Waals surface area contributed by atoms with Crippen molar-refractivity contribution in [1.29, 1.82) is 0 Å². The molecule has 2 unspecified atom stereocenters. The van der Waals surface area contributed by atoms with Crippen molar-refractivity contribution in [2.24, 2.45) is 11.8 Å². The molecule has 0 radical (unpaired) electrons. The molecule has 0 aliphatic heterocycles. The van der Waals surface area contributed by atoms with Crippen LogP contribution >= 0.6 is 0 Å². The molecule has 60 valence electrons. The first-order valence-electron chi connectivity index (χ1n) is 3.86. The number of Topliss-reactive ketones (excluding diaryl/α,β-unsaturated/α-hetero) is 2. The van der Waals surface area contributed by atoms with Gasteiger partial charge < -0.3 is 0 Å². The van der Waals surface area contributed by atoms with E-state index in [4.69, 9.17) is 0 Å². The van der Waals surface area contributed by atoms with E-state index in [1.165, 1.54) is 0 Å². The Labute approximate surface area is 66.3 Å². The fourth-order valence-corrected chi connectivity index (χ4v) is 1.45. The summed E-state index contributed by atoms with van der Waals surface area (Å²) >= 11 is 0. The van der Waals surface area contributed by atoms with Gasteiger partial charge in [-0.1, -0.05) is 19.1 Å². The summed E-state index contributed by atoms with van der Waals surface area (Å²) in [6.07, 6.45) is 4.07. The van der Waals surface area contributed by atoms with Crippen LogP contribution in [0.4, 0.5) is 0 Å². The predicted molar refractivity (Wildman–Crippen MR) is 42.1 cm³/mol. The summed E-state index contributed by atoms with van der Waals surface area (Å²) in [5.74, 6) is -0.366. The van der Waals surface area contributed by atoms with Gasteiger partial charge in [-0.3, -0.25) is 9.59 Å². The Morgan fingerprint density at radius 3 is 2.45 bits per heavy atom. The lowest BCUT2D eigenvalue weighted by molar-refractivity contribution is -0.135. The molecule has 2 heteroatoms. The van der Waals surface area contributed by atoms with Crippen LogP contribution in [0.15, 0.2) is 12.2 Å². The number of rotatable bonds is 1. The van der Waals surface area contributed by atoms with Crippen molar-refractivity contribution in [3.8, 4) is 0 Å². The zero-order valence-corrected chi connectivity index (χ0v) is 6.83. The molecule has 0 heterocycles. The number of hydrogen-bond donors (Lipinski definition) is 0. The fourth-order valence-electron chi connectivity index (χ4n) is 1.45. The average Bonchev–Trinajstić information content (AvgIpc) is 2.17. The van der Waals surface area contributed by atoms with Crippen LogP contribution < -0.4 is 0 Å². The lowest BCUT2D eigenvalue weighted by Crippen LogP contribution is -2.13. The van der Waals surface area contributed by atoms with Gasteiger partial charge in [-0.15, -0.1) is 0 Å². The molecule has 0 amide bonds. The summed E-state index contributed by atoms with van der Waals surface area (Å²) in [6.45, 7) is 3.80. The van der Waals surface area contributed by atoms with Gasteiger partial charge in [0.2, 0.25) is 5.78 Å². The lowest BCUT2D eigenvalue weighted by atomic mass is 9.97. The molecule has 0 N–H and O–H groups in total. The normalized spacial score (nSPS) is 32.2. The lowest BCUT2D eigenvalue weighted by Gasteiger charge is -2.05. The molecule has 0 bridgehead atoms. The van der Waals surface area contributed by atoms with Crippen LogP contribution in [0.2, 0.25) is 0 Å². The molecule has 11 heavy (non-hydrogen) atoms. The van der Waals surface area contributed by atoms with E-state index in [0.29, 0.717) is 6.42 Å². The third-order valence-corrected chi connectivity index (χ3v) is 2.10. The Bertz CT molecular complexity index is 216. The Balaban J connectivity index is 2.79. The Kier molecular flexibility index (Phi) is 2.22. The number of carbonyl (C=O) groups excluding carboxylic acids is 2. The van der Waals surface area contributed by atoms with E-state index < -0.39 is 0 Å². The van der Waals surface area contributed by atoms with E-state index in [9.17, 15) is 9.59 Å². The van der Waals surface area contributed by atoms with Crippen LogP contribution in [0.5, 0.6) is 0 Å². The van der Waals surface area contributed by atoms with Crippen LogP contribution in [0.25, 0.3) is 0 Å². The Hall–Kier alpha value is -0.920. The van der Waals surface area contributed by atoms with E-state index in [-0.39, 0.29) is 23.4 Å². The molecule has 2 nitrogen and oxygen atoms in total. The second-order valence-corrected chi connectivity index (χ2v) is 3.02. The molecule has 0 aromatic rings. The Morgan fingerprint density at radius 1 is 1.45 bits per heavy atom. The maximum atomic E-state index is 11.1. The summed E-state index contributed by atoms with van der Waals surface area (Å²) in [4.78, 5) is 22.0. The van der Waals surface area contributed by atoms with Gasteiger partial charge >= 0.3 is 0 Å². The molecule has 0 aromatic carbocycles. The molecule has 2 atom stereocenters. The zero-order chi connectivity index (χ0) is 8.43. The molecule has 0 saturated heterocycles. The first kappa shape index (κ1) is 8.18. The van der Waals surface area contributed by atoms with Crippen LogP contribution in [0, 0.1) is 11.8 Å². The topological polar surface area (TPSA) is 34.1 Å². The van der Waals surface area contributed by atoms with E-state index in [1.54, 1.807) is 0 Å². The van der Waals surface area contributed by atoms with Crippen molar-refractivity contribution >= 4 is 11.6 Å². The highest BCUT2D eigenvalue weighted by atomic mass is 16.2. The maximum Gasteiger partial charge on any atom is 0.205 e. The van der Waals surface area contributed by atoms with Crippen LogP contribution in [0.3, 0.4) is 0 Å². The van der Waals surface area contributed by atoms with Crippen molar-refractivity contribution in [3.05, 3.63) is 12.2 Å². The Morgan fingerprint density at radius 2 is 2.09 bits per heavy atom. The molecular weight excluding hydrogens is 140 g/mol. The van der Waals surface area contributed by atoms with Gasteiger partial charge in [-0.05, 0) is 12.8 Å². The van der Waals surface area contributed by atoms with Crippen molar-refractivity contribution < 1.29 is 9.59 Å². The second-order valence-electron chi connectivity index (χ2n) is 3.02. The van der Waals surface area contributed by atoms with Crippen molar-refractivity contribution in [2.75, 3.05) is 0 Å². The highest BCUT2D eigenvalue weighted by Gasteiger charge is 2.36. The summed E-state index contributed by atoms with van der Waals surface area (Å²) in [5, 5.41) is 0. The summed E-state index contributed by atoms with van der Waals surface area (Å²) in [6, 6.07) is 0. The highest BCUT2D eigenvalue weighted by molar-refractivity contribution is 6.40. The third-order valence-electron chi connectivity index (χ3n) is 2.10. The molecule has 1 aliphatic carbocycles. The molecule has 1 aliphatic rings. The minimum absolute atomic E-state index is 0.146. The minimum Gasteiger partial charge on any atom is -0.291 e. The van der Waals surface area contributed by atoms with Crippen LogP contribution in [-0.2, 0) is 9.59 Å². The molecule has 0 spiro atoms. The average molecular weight is 152 g/mol. The molecular formula is C9H12O2. The van der Waals surface area contributed by atoms with Gasteiger partial charge in [0.25, 0.3) is 0 Å². The second kappa shape index (κ2) is 2.99. The van der Waals surface area contributed by atoms with Crippen molar-refractivity contribution in [1.82, 2.24) is 0 Å². The van der Waals surface area contributed by atoms with E-state index >= 15 is 0 Å². The largest absolute Gasteiger partial charge is 0.291 e. The summed E-state index contributed by atoms with van der Waals surface area (Å²) in [7, 11) is 0. The molecule has 0 aromatic heterocycles. The predicted octanol–water partition coefficient (Wildman–Crippen LogP) is 1.36. The van der Waals surface area contributed by atoms with E-state index in [2.05, 4.69) is 0 Å². The van der Waals surface area contributed by atoms with Gasteiger partial charge in [-0.25, -0.2) is 0 Å². The number of allylic oxidation sites excluding steroid dienone is 2. The molecule has 1 rings (SSSR count). The standard InChI is InChI=1S/C9H12O2/c1-3-4-7-6(2)5-8(10)9(7)11/h3-4,6-7H,5H2,1-2H3/b4-3+. The quantitative estimate of drug-likeness (QED) is 0.420. The minimum atomic E-state index is -0.212. The van der Waals surface area contributed by atoms with Gasteiger partial charge in [0, 0.05) is 12.3 Å². The van der Waals surface area contributed by atoms with E-state index in [1.807, 2.05) is 26.0 Å². The highest BCUT2D eigenvalue weighted by Crippen LogP contribution is 2.26. The number of ketones is 2. The molecule has 1 fully saturated rings. The SMILES string of the molecule is C/C=C/C1C(=O)C(=O)CC1C. The monoisotopic (exact) mass is 152 g/mol. The van der Waals surface area contributed by atoms with E-state index in [0.717, 1.165) is 0 Å². The van der Waals surface area contributed by atoms with Gasteiger partial charge in [0.15, 0.2) is 5.78 Å². The van der Waals surface area contributed by atoms with Gasteiger partial charge in [0.1, 0.15) is 0 Å². The van der Waals surface area contributed by atoms with Crippen molar-refractivity contribution in [3.63, 3.8) is 0 Å². The third kappa shape index (κ3) is 1.39. The van der Waals surface area contributed by atoms with Gasteiger partial charge in [0.05, 0.1) is 0 Å². The maximum absolute atomic E-state index is 11.1. The van der Waals surface area contributed by atoms with Crippen LogP contribution in [-0.4, -0.2) is 11.6 Å². The molecule has 1 saturated carbocycles. The fraction of sp³-hybridized carbons (Fsp3) is 0.556. The first-order valence-corrected chi connectivity index (χ1v) is 3.86. The summed E-state index contributed by atoms with van der Waals surface area (Å²) in [5.41, 5.74) is 0. The number of carbonyl (C=O) groups is 2. The van der Waals surface area contributed by atoms with Crippen molar-refractivity contribution in [2.45, 2.75) is 20.3 Å².